The number of methoxy groups -OCH3 is 1. The maximum Gasteiger partial charge on any atom is 0.173 e. The maximum atomic E-state index is 9.90. The molecule has 3 aromatic rings. The highest BCUT2D eigenvalue weighted by Gasteiger charge is 2.12. The Morgan fingerprint density at radius 1 is 1.39 bits per heavy atom. The molecule has 120 valence electrons. The third-order valence-corrected chi connectivity index (χ3v) is 3.68. The van der Waals surface area contributed by atoms with E-state index in [-0.39, 0.29) is 17.2 Å². The minimum absolute atomic E-state index is 0.0943. The Balaban J connectivity index is 2.04. The molecular formula is C16H19N5O2. The lowest BCUT2D eigenvalue weighted by molar-refractivity contribution is 0.373. The fraction of sp³-hybridized carbons (Fsp3) is 0.312. The fourth-order valence-electron chi connectivity index (χ4n) is 2.42. The van der Waals surface area contributed by atoms with E-state index in [1.807, 2.05) is 24.5 Å². The highest BCUT2D eigenvalue weighted by Crippen LogP contribution is 2.26. The summed E-state index contributed by atoms with van der Waals surface area (Å²) in [6, 6.07) is 5.25. The summed E-state index contributed by atoms with van der Waals surface area (Å²) in [5.41, 5.74) is 2.37. The molecule has 0 aliphatic heterocycles. The van der Waals surface area contributed by atoms with Crippen molar-refractivity contribution in [2.75, 3.05) is 7.11 Å². The zero-order chi connectivity index (χ0) is 16.6. The Labute approximate surface area is 133 Å². The number of phenolic OH excluding ortho intramolecular Hbond substituents is 1. The summed E-state index contributed by atoms with van der Waals surface area (Å²) >= 11 is 0. The van der Waals surface area contributed by atoms with Crippen molar-refractivity contribution in [3.63, 3.8) is 0 Å². The number of hydrogen-bond donors (Lipinski definition) is 3. The molecule has 0 amide bonds. The van der Waals surface area contributed by atoms with Crippen LogP contribution in [0.1, 0.15) is 31.2 Å². The molecule has 0 bridgehead atoms. The van der Waals surface area contributed by atoms with E-state index in [2.05, 4.69) is 15.0 Å². The Hall–Kier alpha value is -2.83. The second-order valence-electron chi connectivity index (χ2n) is 5.70. The number of fused-ring (bicyclic) bond motifs is 1. The quantitative estimate of drug-likeness (QED) is 0.687. The largest absolute Gasteiger partial charge is 0.504 e. The molecule has 0 aliphatic rings. The van der Waals surface area contributed by atoms with Crippen LogP contribution in [-0.4, -0.2) is 31.7 Å². The van der Waals surface area contributed by atoms with Crippen molar-refractivity contribution >= 4 is 11.2 Å². The van der Waals surface area contributed by atoms with Crippen LogP contribution in [0.2, 0.25) is 0 Å². The number of aromatic hydroxyl groups is 1. The second-order valence-corrected chi connectivity index (χ2v) is 5.70. The number of benzene rings is 1. The predicted octanol–water partition coefficient (Wildman–Crippen LogP) is 2.12. The van der Waals surface area contributed by atoms with Crippen LogP contribution in [0.4, 0.5) is 0 Å². The summed E-state index contributed by atoms with van der Waals surface area (Å²) in [7, 11) is 1.51. The van der Waals surface area contributed by atoms with E-state index in [1.54, 1.807) is 18.5 Å². The summed E-state index contributed by atoms with van der Waals surface area (Å²) in [5, 5.41) is 17.8. The molecule has 2 aromatic heterocycles. The highest BCUT2D eigenvalue weighted by atomic mass is 16.5. The first-order valence-electron chi connectivity index (χ1n) is 7.35. The Kier molecular flexibility index (Phi) is 3.77. The van der Waals surface area contributed by atoms with Crippen molar-refractivity contribution in [1.82, 2.24) is 19.5 Å². The number of imidazole rings is 1. The number of ether oxygens (including phenoxy) is 1. The van der Waals surface area contributed by atoms with Crippen molar-refractivity contribution in [3.05, 3.63) is 41.4 Å². The van der Waals surface area contributed by atoms with Gasteiger partial charge in [0.2, 0.25) is 0 Å². The van der Waals surface area contributed by atoms with E-state index < -0.39 is 0 Å². The number of H-pyrrole nitrogens is 1. The van der Waals surface area contributed by atoms with Gasteiger partial charge < -0.3 is 19.4 Å². The maximum absolute atomic E-state index is 9.90. The minimum Gasteiger partial charge on any atom is -0.504 e. The number of aromatic nitrogens is 4. The molecule has 0 saturated heterocycles. The van der Waals surface area contributed by atoms with Gasteiger partial charge in [-0.3, -0.25) is 5.41 Å². The van der Waals surface area contributed by atoms with Crippen LogP contribution >= 0.6 is 0 Å². The normalized spacial score (nSPS) is 11.3. The van der Waals surface area contributed by atoms with Gasteiger partial charge in [0.25, 0.3) is 0 Å². The minimum atomic E-state index is 0.0943. The third-order valence-electron chi connectivity index (χ3n) is 3.68. The van der Waals surface area contributed by atoms with Crippen LogP contribution < -0.4 is 10.2 Å². The molecule has 2 heterocycles. The molecule has 0 atom stereocenters. The van der Waals surface area contributed by atoms with E-state index >= 15 is 0 Å². The van der Waals surface area contributed by atoms with E-state index in [0.29, 0.717) is 23.5 Å². The topological polar surface area (TPSA) is 99.8 Å². The zero-order valence-corrected chi connectivity index (χ0v) is 13.3. The fourth-order valence-corrected chi connectivity index (χ4v) is 2.42. The average Bonchev–Trinajstić information content (AvgIpc) is 2.97. The Bertz CT molecular complexity index is 910. The third kappa shape index (κ3) is 2.77. The average molecular weight is 313 g/mol. The molecular weight excluding hydrogens is 294 g/mol. The molecule has 7 heteroatoms. The lowest BCUT2D eigenvalue weighted by Crippen LogP contribution is -2.13. The number of nitrogens with one attached hydrogen (secondary N) is 2. The van der Waals surface area contributed by atoms with Crippen LogP contribution in [0.15, 0.2) is 24.5 Å². The number of rotatable bonds is 4. The molecule has 7 nitrogen and oxygen atoms in total. The molecule has 0 radical (unpaired) electrons. The Morgan fingerprint density at radius 2 is 2.17 bits per heavy atom. The van der Waals surface area contributed by atoms with Gasteiger partial charge in [0.1, 0.15) is 11.3 Å². The summed E-state index contributed by atoms with van der Waals surface area (Å²) in [6.07, 6.45) is 1.59. The van der Waals surface area contributed by atoms with Gasteiger partial charge in [0.05, 0.1) is 20.0 Å². The molecule has 0 spiro atoms. The lowest BCUT2D eigenvalue weighted by Gasteiger charge is -2.09. The molecule has 23 heavy (non-hydrogen) atoms. The van der Waals surface area contributed by atoms with Gasteiger partial charge >= 0.3 is 0 Å². The molecule has 3 N–H and O–H groups in total. The number of aromatic amines is 1. The molecule has 0 aliphatic carbocycles. The van der Waals surface area contributed by atoms with Crippen molar-refractivity contribution < 1.29 is 9.84 Å². The first kappa shape index (κ1) is 15.1. The van der Waals surface area contributed by atoms with Gasteiger partial charge in [-0.25, -0.2) is 9.97 Å². The SMILES string of the molecule is COc1ccc(Cn2cnc(=N)c3[nH]c(C(C)C)nc32)cc1O. The molecule has 0 saturated carbocycles. The summed E-state index contributed by atoms with van der Waals surface area (Å²) in [6.45, 7) is 4.57. The summed E-state index contributed by atoms with van der Waals surface area (Å²) < 4.78 is 6.91. The summed E-state index contributed by atoms with van der Waals surface area (Å²) in [4.78, 5) is 11.9. The van der Waals surface area contributed by atoms with Crippen molar-refractivity contribution in [3.8, 4) is 11.5 Å². The molecule has 1 aromatic carbocycles. The van der Waals surface area contributed by atoms with E-state index in [9.17, 15) is 5.11 Å². The van der Waals surface area contributed by atoms with Gasteiger partial charge in [-0.05, 0) is 17.7 Å². The standard InChI is InChI=1S/C16H19N5O2/c1-9(2)15-19-13-14(17)18-8-21(16(13)20-15)7-10-4-5-12(23-3)11(22)6-10/h4-6,8-9,17,22H,7H2,1-3H3,(H,19,20). The first-order chi connectivity index (χ1) is 11.0. The summed E-state index contributed by atoms with van der Waals surface area (Å²) in [5.74, 6) is 1.59. The highest BCUT2D eigenvalue weighted by molar-refractivity contribution is 5.69. The van der Waals surface area contributed by atoms with Crippen molar-refractivity contribution in [2.24, 2.45) is 0 Å². The number of hydrogen-bond acceptors (Lipinski definition) is 5. The monoisotopic (exact) mass is 313 g/mol. The van der Waals surface area contributed by atoms with Crippen LogP contribution in [-0.2, 0) is 6.54 Å². The van der Waals surface area contributed by atoms with Crippen molar-refractivity contribution in [2.45, 2.75) is 26.3 Å². The lowest BCUT2D eigenvalue weighted by atomic mass is 10.2. The van der Waals surface area contributed by atoms with E-state index in [4.69, 9.17) is 10.1 Å². The van der Waals surface area contributed by atoms with Gasteiger partial charge in [-0.1, -0.05) is 19.9 Å². The van der Waals surface area contributed by atoms with Gasteiger partial charge in [-0.2, -0.15) is 0 Å². The molecule has 0 unspecified atom stereocenters. The predicted molar refractivity (Wildman–Crippen MR) is 85.6 cm³/mol. The number of phenols is 1. The smallest absolute Gasteiger partial charge is 0.173 e. The van der Waals surface area contributed by atoms with Crippen molar-refractivity contribution in [1.29, 1.82) is 5.41 Å². The van der Waals surface area contributed by atoms with Crippen LogP contribution in [0.25, 0.3) is 11.2 Å². The number of nitrogens with zero attached hydrogens (tertiary/aromatic N) is 3. The van der Waals surface area contributed by atoms with Crippen LogP contribution in [0.3, 0.4) is 0 Å². The van der Waals surface area contributed by atoms with Gasteiger partial charge in [0, 0.05) is 5.92 Å². The Morgan fingerprint density at radius 3 is 2.83 bits per heavy atom. The van der Waals surface area contributed by atoms with Gasteiger partial charge in [0.15, 0.2) is 22.6 Å². The van der Waals surface area contributed by atoms with Gasteiger partial charge in [-0.15, -0.1) is 0 Å². The van der Waals surface area contributed by atoms with Crippen LogP contribution in [0.5, 0.6) is 11.5 Å². The van der Waals surface area contributed by atoms with Crippen LogP contribution in [0, 0.1) is 5.41 Å². The molecule has 3 rings (SSSR count). The second kappa shape index (κ2) is 5.75. The molecule has 0 fully saturated rings. The van der Waals surface area contributed by atoms with E-state index in [1.165, 1.54) is 7.11 Å². The first-order valence-corrected chi connectivity index (χ1v) is 7.35. The van der Waals surface area contributed by atoms with E-state index in [0.717, 1.165) is 11.4 Å². The zero-order valence-electron chi connectivity index (χ0n) is 13.3.